The quantitative estimate of drug-likeness (QED) is 0.371. The van der Waals surface area contributed by atoms with E-state index in [1.165, 1.54) is 6.20 Å². The monoisotopic (exact) mass is 539 g/mol. The lowest BCUT2D eigenvalue weighted by atomic mass is 9.58. The van der Waals surface area contributed by atoms with E-state index in [2.05, 4.69) is 34.0 Å². The van der Waals surface area contributed by atoms with E-state index in [4.69, 9.17) is 0 Å². The second-order valence-corrected chi connectivity index (χ2v) is 11.5. The van der Waals surface area contributed by atoms with E-state index in [-0.39, 0.29) is 5.41 Å². The predicted octanol–water partition coefficient (Wildman–Crippen LogP) is 4.58. The Balaban J connectivity index is 1.44. The minimum absolute atomic E-state index is 0.356. The molecule has 2 aliphatic rings. The molecule has 1 aliphatic heterocycles. The van der Waals surface area contributed by atoms with Crippen molar-refractivity contribution in [3.63, 3.8) is 0 Å². The summed E-state index contributed by atoms with van der Waals surface area (Å²) >= 11 is 0. The maximum atomic E-state index is 14.2. The first kappa shape index (κ1) is 25.8. The topological polar surface area (TPSA) is 73.2 Å². The van der Waals surface area contributed by atoms with Crippen molar-refractivity contribution in [2.45, 2.75) is 57.7 Å². The lowest BCUT2D eigenvalue weighted by Gasteiger charge is -2.46. The Morgan fingerprint density at radius 2 is 1.92 bits per heavy atom. The van der Waals surface area contributed by atoms with E-state index in [0.717, 1.165) is 65.3 Å². The van der Waals surface area contributed by atoms with Crippen molar-refractivity contribution >= 4 is 5.65 Å². The van der Waals surface area contributed by atoms with Crippen LogP contribution in [0.1, 0.15) is 62.0 Å². The minimum Gasteiger partial charge on any atom is -0.320 e. The molecule has 8 nitrogen and oxygen atoms in total. The number of halogens is 3. The maximum Gasteiger partial charge on any atom is 0.420 e. The second kappa shape index (κ2) is 9.32. The Morgan fingerprint density at radius 1 is 1.13 bits per heavy atom. The molecule has 1 atom stereocenters. The molecule has 4 heterocycles. The van der Waals surface area contributed by atoms with Gasteiger partial charge >= 0.3 is 11.9 Å². The van der Waals surface area contributed by atoms with Crippen LogP contribution in [0.5, 0.6) is 0 Å². The maximum absolute atomic E-state index is 14.2. The summed E-state index contributed by atoms with van der Waals surface area (Å²) in [6, 6.07) is 8.48. The van der Waals surface area contributed by atoms with E-state index in [9.17, 15) is 18.0 Å². The van der Waals surface area contributed by atoms with Crippen molar-refractivity contribution in [2.24, 2.45) is 18.9 Å². The summed E-state index contributed by atoms with van der Waals surface area (Å²) in [7, 11) is 1.90. The summed E-state index contributed by atoms with van der Waals surface area (Å²) in [4.78, 5) is 15.7. The fourth-order valence-electron chi connectivity index (χ4n) is 6.61. The molecule has 206 valence electrons. The van der Waals surface area contributed by atoms with Crippen molar-refractivity contribution in [3.05, 3.63) is 75.9 Å². The lowest BCUT2D eigenvalue weighted by molar-refractivity contribution is -0.136. The van der Waals surface area contributed by atoms with Crippen LogP contribution in [0.2, 0.25) is 0 Å². The van der Waals surface area contributed by atoms with Gasteiger partial charge in [-0.05, 0) is 73.4 Å². The van der Waals surface area contributed by atoms with Gasteiger partial charge in [0.15, 0.2) is 5.65 Å². The summed E-state index contributed by atoms with van der Waals surface area (Å²) < 4.78 is 46.6. The average molecular weight is 540 g/mol. The molecule has 0 radical (unpaired) electrons. The van der Waals surface area contributed by atoms with Crippen LogP contribution >= 0.6 is 0 Å². The van der Waals surface area contributed by atoms with Gasteiger partial charge in [0.1, 0.15) is 17.7 Å². The van der Waals surface area contributed by atoms with Crippen molar-refractivity contribution in [1.29, 1.82) is 0 Å². The van der Waals surface area contributed by atoms with Crippen LogP contribution in [-0.4, -0.2) is 46.9 Å². The molecule has 2 fully saturated rings. The Hall–Kier alpha value is -3.47. The summed E-state index contributed by atoms with van der Waals surface area (Å²) in [6.07, 6.45) is 2.37. The van der Waals surface area contributed by atoms with Gasteiger partial charge in [-0.2, -0.15) is 17.9 Å². The molecule has 6 rings (SSSR count). The largest absolute Gasteiger partial charge is 0.420 e. The van der Waals surface area contributed by atoms with Gasteiger partial charge in [0, 0.05) is 26.3 Å². The van der Waals surface area contributed by atoms with E-state index >= 15 is 0 Å². The number of aromatic nitrogens is 6. The predicted molar refractivity (Wildman–Crippen MR) is 140 cm³/mol. The van der Waals surface area contributed by atoms with Crippen LogP contribution in [0.3, 0.4) is 0 Å². The third kappa shape index (κ3) is 4.46. The molecule has 39 heavy (non-hydrogen) atoms. The average Bonchev–Trinajstić information content (AvgIpc) is 3.44. The number of likely N-dealkylation sites (tertiary alicyclic amines) is 1. The molecule has 4 aromatic rings. The first-order chi connectivity index (χ1) is 18.5. The van der Waals surface area contributed by atoms with Crippen LogP contribution in [0, 0.1) is 11.8 Å². The third-order valence-corrected chi connectivity index (χ3v) is 8.31. The highest BCUT2D eigenvalue weighted by Crippen LogP contribution is 2.51. The minimum atomic E-state index is -4.65. The molecule has 1 saturated heterocycles. The SMILES string of the molecule is CC1CC(c2cccc(-n3nc4c(C(F)(F)F)cc(CN5CCC[C@H](C)C5)cn4c3=O)c2)(c2nncn2C)C1. The third-order valence-electron chi connectivity index (χ3n) is 8.31. The Morgan fingerprint density at radius 3 is 2.59 bits per heavy atom. The van der Waals surface area contributed by atoms with Crippen LogP contribution < -0.4 is 5.69 Å². The molecule has 1 aromatic carbocycles. The molecule has 0 bridgehead atoms. The number of pyridine rings is 1. The van der Waals surface area contributed by atoms with E-state index < -0.39 is 23.1 Å². The lowest BCUT2D eigenvalue weighted by Crippen LogP contribution is -2.43. The molecule has 0 unspecified atom stereocenters. The molecule has 11 heteroatoms. The molecule has 1 aliphatic carbocycles. The van der Waals surface area contributed by atoms with Gasteiger partial charge in [-0.3, -0.25) is 4.90 Å². The van der Waals surface area contributed by atoms with Gasteiger partial charge in [-0.25, -0.2) is 9.20 Å². The molecule has 3 aromatic heterocycles. The second-order valence-electron chi connectivity index (χ2n) is 11.5. The number of hydrogen-bond acceptors (Lipinski definition) is 5. The normalized spacial score (nSPS) is 24.3. The number of piperidine rings is 1. The fourth-order valence-corrected chi connectivity index (χ4v) is 6.61. The van der Waals surface area contributed by atoms with Crippen molar-refractivity contribution in [2.75, 3.05) is 13.1 Å². The summed E-state index contributed by atoms with van der Waals surface area (Å²) in [5.74, 6) is 1.81. The van der Waals surface area contributed by atoms with Gasteiger partial charge in [0.2, 0.25) is 0 Å². The standard InChI is InChI=1S/C28H32F3N7O/c1-18-6-5-9-36(14-18)15-20-10-23(28(29,30)31)24-34-38(26(39)37(24)16-20)22-8-4-7-21(11-22)27(12-19(2)13-27)25-33-32-17-35(25)3/h4,7-8,10-11,16-19H,5-6,9,12-15H2,1-3H3/t18-,19?,27?/m0/s1. The van der Waals surface area contributed by atoms with Crippen molar-refractivity contribution in [1.82, 2.24) is 33.8 Å². The van der Waals surface area contributed by atoms with Gasteiger partial charge in [-0.15, -0.1) is 15.3 Å². The summed E-state index contributed by atoms with van der Waals surface area (Å²) in [5, 5.41) is 12.6. The van der Waals surface area contributed by atoms with Gasteiger partial charge in [0.05, 0.1) is 11.1 Å². The smallest absolute Gasteiger partial charge is 0.320 e. The number of benzene rings is 1. The van der Waals surface area contributed by atoms with Crippen LogP contribution in [-0.2, 0) is 25.2 Å². The molecule has 0 spiro atoms. The van der Waals surface area contributed by atoms with Crippen LogP contribution in [0.15, 0.2) is 47.7 Å². The van der Waals surface area contributed by atoms with E-state index in [1.54, 1.807) is 12.4 Å². The number of hydrogen-bond donors (Lipinski definition) is 0. The fraction of sp³-hybridized carbons (Fsp3) is 0.500. The number of nitrogens with zero attached hydrogens (tertiary/aromatic N) is 7. The van der Waals surface area contributed by atoms with Gasteiger partial charge in [-0.1, -0.05) is 26.0 Å². The zero-order valence-corrected chi connectivity index (χ0v) is 22.3. The van der Waals surface area contributed by atoms with Gasteiger partial charge in [0.25, 0.3) is 0 Å². The molecule has 0 amide bonds. The first-order valence-corrected chi connectivity index (χ1v) is 13.4. The number of aryl methyl sites for hydroxylation is 1. The zero-order valence-electron chi connectivity index (χ0n) is 22.3. The Labute approximate surface area is 224 Å². The van der Waals surface area contributed by atoms with Crippen LogP contribution in [0.25, 0.3) is 11.3 Å². The molecular weight excluding hydrogens is 507 g/mol. The van der Waals surface area contributed by atoms with E-state index in [1.807, 2.05) is 29.8 Å². The summed E-state index contributed by atoms with van der Waals surface area (Å²) in [6.45, 7) is 6.33. The molecule has 1 saturated carbocycles. The first-order valence-electron chi connectivity index (χ1n) is 13.4. The van der Waals surface area contributed by atoms with E-state index in [0.29, 0.717) is 29.6 Å². The van der Waals surface area contributed by atoms with Crippen molar-refractivity contribution < 1.29 is 13.2 Å². The Bertz CT molecular complexity index is 1580. The molecule has 0 N–H and O–H groups in total. The number of rotatable bonds is 5. The molecular formula is C28H32F3N7O. The highest BCUT2D eigenvalue weighted by molar-refractivity contribution is 5.52. The number of alkyl halides is 3. The summed E-state index contributed by atoms with van der Waals surface area (Å²) in [5.41, 5.74) is -0.496. The highest BCUT2D eigenvalue weighted by Gasteiger charge is 2.48. The van der Waals surface area contributed by atoms with Crippen molar-refractivity contribution in [3.8, 4) is 5.69 Å². The highest BCUT2D eigenvalue weighted by atomic mass is 19.4. The zero-order chi connectivity index (χ0) is 27.5. The van der Waals surface area contributed by atoms with Crippen LogP contribution in [0.4, 0.5) is 13.2 Å². The van der Waals surface area contributed by atoms with Gasteiger partial charge < -0.3 is 4.57 Å². The number of fused-ring (bicyclic) bond motifs is 1. The Kier molecular flexibility index (Phi) is 6.16.